The van der Waals surface area contributed by atoms with Crippen LogP contribution in [-0.2, 0) is 11.2 Å². The lowest BCUT2D eigenvalue weighted by Crippen LogP contribution is -2.39. The van der Waals surface area contributed by atoms with Gasteiger partial charge in [0.05, 0.1) is 13.2 Å². The molecule has 2 heterocycles. The number of morpholine rings is 1. The van der Waals surface area contributed by atoms with Crippen molar-refractivity contribution in [1.29, 1.82) is 0 Å². The normalized spacial score (nSPS) is 22.3. The van der Waals surface area contributed by atoms with Crippen molar-refractivity contribution < 1.29 is 4.74 Å². The van der Waals surface area contributed by atoms with Gasteiger partial charge in [0.15, 0.2) is 0 Å². The van der Waals surface area contributed by atoms with E-state index < -0.39 is 0 Å². The third-order valence-electron chi connectivity index (χ3n) is 2.47. The predicted octanol–water partition coefficient (Wildman–Crippen LogP) is 2.31. The predicted molar refractivity (Wildman–Crippen MR) is 65.3 cm³/mol. The third-order valence-corrected chi connectivity index (χ3v) is 3.67. The Kier molecular flexibility index (Phi) is 3.94. The lowest BCUT2D eigenvalue weighted by molar-refractivity contribution is 0.0903. The molecular formula is C12H17NOS. The molecule has 0 spiro atoms. The van der Waals surface area contributed by atoms with Crippen LogP contribution >= 0.6 is 11.3 Å². The summed E-state index contributed by atoms with van der Waals surface area (Å²) in [6.07, 6.45) is 5.52. The van der Waals surface area contributed by atoms with Crippen LogP contribution in [-0.4, -0.2) is 25.8 Å². The molecule has 1 aliphatic heterocycles. The molecule has 0 saturated carbocycles. The second-order valence-corrected chi connectivity index (χ2v) is 4.85. The standard InChI is InChI=1S/C12H17NOS/c1-2-11-5-6-12(15-11)4-3-10-9-14-8-7-13-10/h3-6,10,13H,2,7-9H2,1H3/b4-3+. The zero-order valence-electron chi connectivity index (χ0n) is 9.03. The molecule has 1 saturated heterocycles. The third kappa shape index (κ3) is 3.16. The van der Waals surface area contributed by atoms with E-state index >= 15 is 0 Å². The zero-order valence-corrected chi connectivity index (χ0v) is 9.85. The van der Waals surface area contributed by atoms with Gasteiger partial charge in [-0.1, -0.05) is 13.0 Å². The average molecular weight is 223 g/mol. The molecule has 0 radical (unpaired) electrons. The fraction of sp³-hybridized carbons (Fsp3) is 0.500. The molecule has 2 nitrogen and oxygen atoms in total. The zero-order chi connectivity index (χ0) is 10.5. The van der Waals surface area contributed by atoms with E-state index in [4.69, 9.17) is 4.74 Å². The molecule has 1 aromatic rings. The summed E-state index contributed by atoms with van der Waals surface area (Å²) in [5.74, 6) is 0. The van der Waals surface area contributed by atoms with Gasteiger partial charge in [0.2, 0.25) is 0 Å². The molecule has 1 aliphatic rings. The Bertz CT molecular complexity index is 326. The summed E-state index contributed by atoms with van der Waals surface area (Å²) in [7, 11) is 0. The number of aryl methyl sites for hydroxylation is 1. The molecule has 1 atom stereocenters. The summed E-state index contributed by atoms with van der Waals surface area (Å²) in [6, 6.07) is 4.77. The highest BCUT2D eigenvalue weighted by Crippen LogP contribution is 2.18. The van der Waals surface area contributed by atoms with Crippen LogP contribution in [0.5, 0.6) is 0 Å². The quantitative estimate of drug-likeness (QED) is 0.849. The first-order valence-electron chi connectivity index (χ1n) is 5.46. The smallest absolute Gasteiger partial charge is 0.0656 e. The van der Waals surface area contributed by atoms with Crippen LogP contribution in [0.1, 0.15) is 16.7 Å². The molecular weight excluding hydrogens is 206 g/mol. The van der Waals surface area contributed by atoms with Crippen molar-refractivity contribution in [3.05, 3.63) is 28.0 Å². The Hall–Kier alpha value is -0.640. The van der Waals surface area contributed by atoms with Crippen LogP contribution in [0.4, 0.5) is 0 Å². The van der Waals surface area contributed by atoms with Gasteiger partial charge in [-0.05, 0) is 24.6 Å². The Labute approximate surface area is 95.0 Å². The molecule has 82 valence electrons. The van der Waals surface area contributed by atoms with Crippen LogP contribution in [0.25, 0.3) is 6.08 Å². The summed E-state index contributed by atoms with van der Waals surface area (Å²) in [6.45, 7) is 4.78. The van der Waals surface area contributed by atoms with E-state index in [1.54, 1.807) is 0 Å². The number of nitrogens with one attached hydrogen (secondary N) is 1. The van der Waals surface area contributed by atoms with Crippen molar-refractivity contribution in [2.75, 3.05) is 19.8 Å². The minimum absolute atomic E-state index is 0.380. The second kappa shape index (κ2) is 5.45. The van der Waals surface area contributed by atoms with Crippen LogP contribution in [0.2, 0.25) is 0 Å². The molecule has 1 unspecified atom stereocenters. The van der Waals surface area contributed by atoms with Gasteiger partial charge in [-0.25, -0.2) is 0 Å². The molecule has 2 rings (SSSR count). The molecule has 1 aromatic heterocycles. The maximum atomic E-state index is 5.39. The Morgan fingerprint density at radius 3 is 3.20 bits per heavy atom. The van der Waals surface area contributed by atoms with E-state index in [0.717, 1.165) is 26.2 Å². The van der Waals surface area contributed by atoms with Crippen molar-refractivity contribution in [1.82, 2.24) is 5.32 Å². The fourth-order valence-corrected chi connectivity index (χ4v) is 2.46. The van der Waals surface area contributed by atoms with Crippen LogP contribution in [0, 0.1) is 0 Å². The molecule has 1 N–H and O–H groups in total. The molecule has 1 fully saturated rings. The molecule has 3 heteroatoms. The number of hydrogen-bond donors (Lipinski definition) is 1. The first kappa shape index (κ1) is 10.9. The Morgan fingerprint density at radius 1 is 1.60 bits per heavy atom. The highest BCUT2D eigenvalue weighted by molar-refractivity contribution is 7.12. The molecule has 0 aliphatic carbocycles. The minimum atomic E-state index is 0.380. The molecule has 15 heavy (non-hydrogen) atoms. The summed E-state index contributed by atoms with van der Waals surface area (Å²) in [4.78, 5) is 2.78. The van der Waals surface area contributed by atoms with Gasteiger partial charge in [-0.15, -0.1) is 11.3 Å². The lowest BCUT2D eigenvalue weighted by atomic mass is 10.2. The summed E-state index contributed by atoms with van der Waals surface area (Å²) in [5, 5.41) is 3.40. The summed E-state index contributed by atoms with van der Waals surface area (Å²) in [5.41, 5.74) is 0. The van der Waals surface area contributed by atoms with Crippen molar-refractivity contribution in [3.8, 4) is 0 Å². The highest BCUT2D eigenvalue weighted by Gasteiger charge is 2.08. The van der Waals surface area contributed by atoms with Gasteiger partial charge in [-0.2, -0.15) is 0 Å². The number of hydrogen-bond acceptors (Lipinski definition) is 3. The number of thiophene rings is 1. The monoisotopic (exact) mass is 223 g/mol. The Morgan fingerprint density at radius 2 is 2.53 bits per heavy atom. The SMILES string of the molecule is CCc1ccc(/C=C/C2COCCN2)s1. The van der Waals surface area contributed by atoms with E-state index in [-0.39, 0.29) is 0 Å². The summed E-state index contributed by atoms with van der Waals surface area (Å²) < 4.78 is 5.39. The van der Waals surface area contributed by atoms with Gasteiger partial charge >= 0.3 is 0 Å². The van der Waals surface area contributed by atoms with Crippen LogP contribution < -0.4 is 5.32 Å². The van der Waals surface area contributed by atoms with Crippen molar-refractivity contribution in [2.45, 2.75) is 19.4 Å². The Balaban J connectivity index is 1.91. The maximum absolute atomic E-state index is 5.39. The lowest BCUT2D eigenvalue weighted by Gasteiger charge is -2.20. The van der Waals surface area contributed by atoms with E-state index in [9.17, 15) is 0 Å². The van der Waals surface area contributed by atoms with Crippen molar-refractivity contribution in [3.63, 3.8) is 0 Å². The molecule has 0 aromatic carbocycles. The topological polar surface area (TPSA) is 21.3 Å². The number of ether oxygens (including phenoxy) is 1. The molecule has 0 amide bonds. The van der Waals surface area contributed by atoms with Gasteiger partial charge in [0.1, 0.15) is 0 Å². The van der Waals surface area contributed by atoms with Gasteiger partial charge in [-0.3, -0.25) is 0 Å². The van der Waals surface area contributed by atoms with Crippen LogP contribution in [0.3, 0.4) is 0 Å². The largest absolute Gasteiger partial charge is 0.378 e. The number of rotatable bonds is 3. The first-order valence-corrected chi connectivity index (χ1v) is 6.28. The fourth-order valence-electron chi connectivity index (χ4n) is 1.59. The van der Waals surface area contributed by atoms with E-state index in [2.05, 4.69) is 36.5 Å². The van der Waals surface area contributed by atoms with Gasteiger partial charge in [0.25, 0.3) is 0 Å². The van der Waals surface area contributed by atoms with Crippen molar-refractivity contribution >= 4 is 17.4 Å². The van der Waals surface area contributed by atoms with Crippen molar-refractivity contribution in [2.24, 2.45) is 0 Å². The highest BCUT2D eigenvalue weighted by atomic mass is 32.1. The van der Waals surface area contributed by atoms with E-state index in [1.165, 1.54) is 9.75 Å². The average Bonchev–Trinajstić information content (AvgIpc) is 2.76. The van der Waals surface area contributed by atoms with Crippen LogP contribution in [0.15, 0.2) is 18.2 Å². The minimum Gasteiger partial charge on any atom is -0.378 e. The van der Waals surface area contributed by atoms with E-state index in [0.29, 0.717) is 6.04 Å². The van der Waals surface area contributed by atoms with E-state index in [1.807, 2.05) is 11.3 Å². The summed E-state index contributed by atoms with van der Waals surface area (Å²) >= 11 is 1.87. The van der Waals surface area contributed by atoms with Gasteiger partial charge < -0.3 is 10.1 Å². The van der Waals surface area contributed by atoms with Gasteiger partial charge in [0, 0.05) is 22.3 Å². The molecule has 0 bridgehead atoms. The maximum Gasteiger partial charge on any atom is 0.0656 e. The first-order chi connectivity index (χ1) is 7.38. The second-order valence-electron chi connectivity index (χ2n) is 3.65.